The molecule has 0 aliphatic carbocycles. The molecule has 1 aromatic heterocycles. The van der Waals surface area contributed by atoms with Crippen LogP contribution in [-0.2, 0) is 6.42 Å². The van der Waals surface area contributed by atoms with Gasteiger partial charge in [0.05, 0.1) is 7.11 Å². The van der Waals surface area contributed by atoms with Gasteiger partial charge in [-0.3, -0.25) is 4.79 Å². The first-order valence-corrected chi connectivity index (χ1v) is 8.00. The topological polar surface area (TPSA) is 31.2 Å². The van der Waals surface area contributed by atoms with Crippen molar-refractivity contribution < 1.29 is 9.53 Å². The van der Waals surface area contributed by atoms with E-state index < -0.39 is 0 Å². The Morgan fingerprint density at radius 3 is 2.46 bits per heavy atom. The van der Waals surface area contributed by atoms with E-state index >= 15 is 0 Å². The van der Waals surface area contributed by atoms with E-state index in [1.54, 1.807) is 7.11 Å². The molecule has 0 radical (unpaired) electrons. The van der Waals surface area contributed by atoms with Gasteiger partial charge in [0, 0.05) is 30.1 Å². The van der Waals surface area contributed by atoms with Crippen molar-refractivity contribution >= 4 is 5.78 Å². The second-order valence-electron chi connectivity index (χ2n) is 5.94. The van der Waals surface area contributed by atoms with Gasteiger partial charge in [-0.25, -0.2) is 0 Å². The number of carbonyl (C=O) groups is 1. The van der Waals surface area contributed by atoms with Gasteiger partial charge in [0.2, 0.25) is 0 Å². The Balaban J connectivity index is 1.93. The highest BCUT2D eigenvalue weighted by Crippen LogP contribution is 2.25. The summed E-state index contributed by atoms with van der Waals surface area (Å²) in [5, 5.41) is 0. The zero-order valence-corrected chi connectivity index (χ0v) is 14.2. The Morgan fingerprint density at radius 1 is 1.04 bits per heavy atom. The summed E-state index contributed by atoms with van der Waals surface area (Å²) in [6.07, 6.45) is 4.34. The van der Waals surface area contributed by atoms with Gasteiger partial charge in [-0.2, -0.15) is 0 Å². The van der Waals surface area contributed by atoms with E-state index in [1.165, 1.54) is 0 Å². The Labute approximate surface area is 142 Å². The van der Waals surface area contributed by atoms with Gasteiger partial charge in [0.1, 0.15) is 5.75 Å². The molecule has 3 heteroatoms. The number of aromatic nitrogens is 1. The van der Waals surface area contributed by atoms with E-state index in [9.17, 15) is 4.79 Å². The third-order valence-electron chi connectivity index (χ3n) is 4.39. The van der Waals surface area contributed by atoms with E-state index in [1.807, 2.05) is 79.3 Å². The lowest BCUT2D eigenvalue weighted by Crippen LogP contribution is -2.08. The molecule has 24 heavy (non-hydrogen) atoms. The molecule has 3 rings (SSSR count). The van der Waals surface area contributed by atoms with Crippen LogP contribution in [0.15, 0.2) is 60.9 Å². The number of rotatable bonds is 5. The molecule has 3 aromatic rings. The minimum Gasteiger partial charge on any atom is -0.496 e. The van der Waals surface area contributed by atoms with Crippen LogP contribution in [0.25, 0.3) is 5.69 Å². The number of Topliss-reactive ketones (excluding diaryl/α,β-unsaturated/α-hetero) is 1. The maximum Gasteiger partial charge on any atom is 0.167 e. The normalized spacial score (nSPS) is 10.6. The minimum atomic E-state index is 0.0935. The maximum atomic E-state index is 12.8. The van der Waals surface area contributed by atoms with Gasteiger partial charge in [-0.15, -0.1) is 0 Å². The fourth-order valence-corrected chi connectivity index (χ4v) is 2.88. The van der Waals surface area contributed by atoms with Crippen molar-refractivity contribution in [2.75, 3.05) is 7.11 Å². The maximum absolute atomic E-state index is 12.8. The monoisotopic (exact) mass is 319 g/mol. The number of carbonyl (C=O) groups excluding carboxylic acids is 1. The summed E-state index contributed by atoms with van der Waals surface area (Å²) in [4.78, 5) is 12.8. The van der Waals surface area contributed by atoms with Crippen LogP contribution in [0.3, 0.4) is 0 Å². The van der Waals surface area contributed by atoms with Gasteiger partial charge in [-0.05, 0) is 60.9 Å². The van der Waals surface area contributed by atoms with Crippen LogP contribution in [0, 0.1) is 13.8 Å². The summed E-state index contributed by atoms with van der Waals surface area (Å²) < 4.78 is 7.42. The number of aryl methyl sites for hydroxylation is 1. The fourth-order valence-electron chi connectivity index (χ4n) is 2.88. The number of para-hydroxylation sites is 1. The summed E-state index contributed by atoms with van der Waals surface area (Å²) >= 11 is 0. The molecule has 0 N–H and O–H groups in total. The lowest BCUT2D eigenvalue weighted by atomic mass is 9.97. The molecule has 1 heterocycles. The second-order valence-corrected chi connectivity index (χ2v) is 5.94. The molecule has 0 unspecified atom stereocenters. The van der Waals surface area contributed by atoms with Gasteiger partial charge >= 0.3 is 0 Å². The summed E-state index contributed by atoms with van der Waals surface area (Å²) in [6.45, 7) is 4.01. The highest BCUT2D eigenvalue weighted by atomic mass is 16.5. The molecule has 3 nitrogen and oxygen atoms in total. The molecule has 0 saturated carbocycles. The summed E-state index contributed by atoms with van der Waals surface area (Å²) in [5.41, 5.74) is 4.87. The number of ether oxygens (including phenoxy) is 1. The Morgan fingerprint density at radius 2 is 1.75 bits per heavy atom. The molecule has 122 valence electrons. The molecule has 0 bridgehead atoms. The molecule has 0 aliphatic heterocycles. The zero-order chi connectivity index (χ0) is 17.1. The van der Waals surface area contributed by atoms with E-state index in [4.69, 9.17) is 4.74 Å². The zero-order valence-electron chi connectivity index (χ0n) is 14.2. The van der Waals surface area contributed by atoms with Crippen molar-refractivity contribution in [3.8, 4) is 11.4 Å². The van der Waals surface area contributed by atoms with Gasteiger partial charge in [0.25, 0.3) is 0 Å². The number of benzene rings is 2. The van der Waals surface area contributed by atoms with Crippen LogP contribution in [0.4, 0.5) is 0 Å². The van der Waals surface area contributed by atoms with E-state index in [0.717, 1.165) is 28.1 Å². The first kappa shape index (κ1) is 16.1. The highest BCUT2D eigenvalue weighted by Gasteiger charge is 2.14. The van der Waals surface area contributed by atoms with Crippen LogP contribution in [-0.4, -0.2) is 17.5 Å². The predicted molar refractivity (Wildman–Crippen MR) is 96.3 cm³/mol. The number of hydrogen-bond acceptors (Lipinski definition) is 2. The van der Waals surface area contributed by atoms with Crippen LogP contribution >= 0.6 is 0 Å². The average Bonchev–Trinajstić information content (AvgIpc) is 3.12. The highest BCUT2D eigenvalue weighted by molar-refractivity contribution is 5.98. The SMILES string of the molecule is COc1cc(C(=O)Cc2ccccc2-n2cccc2)cc(C)c1C. The van der Waals surface area contributed by atoms with Crippen molar-refractivity contribution in [3.63, 3.8) is 0 Å². The molecular weight excluding hydrogens is 298 g/mol. The third-order valence-corrected chi connectivity index (χ3v) is 4.39. The summed E-state index contributed by atoms with van der Waals surface area (Å²) in [6, 6.07) is 15.7. The van der Waals surface area contributed by atoms with Gasteiger partial charge in [0.15, 0.2) is 5.78 Å². The first-order chi connectivity index (χ1) is 11.6. The molecule has 0 atom stereocenters. The third kappa shape index (κ3) is 3.11. The largest absolute Gasteiger partial charge is 0.496 e. The van der Waals surface area contributed by atoms with E-state index in [2.05, 4.69) is 0 Å². The van der Waals surface area contributed by atoms with Crippen molar-refractivity contribution in [3.05, 3.63) is 83.2 Å². The number of methoxy groups -OCH3 is 1. The van der Waals surface area contributed by atoms with Gasteiger partial charge < -0.3 is 9.30 Å². The average molecular weight is 319 g/mol. The van der Waals surface area contributed by atoms with Crippen molar-refractivity contribution in [2.45, 2.75) is 20.3 Å². The lowest BCUT2D eigenvalue weighted by molar-refractivity contribution is 0.0992. The number of nitrogens with zero attached hydrogens (tertiary/aromatic N) is 1. The van der Waals surface area contributed by atoms with Crippen molar-refractivity contribution in [2.24, 2.45) is 0 Å². The standard InChI is InChI=1S/C21H21NO2/c1-15-12-18(14-21(24-3)16(15)2)20(23)13-17-8-4-5-9-19(17)22-10-6-7-11-22/h4-12,14H,13H2,1-3H3. The Bertz CT molecular complexity index is 864. The Kier molecular flexibility index (Phi) is 4.52. The quantitative estimate of drug-likeness (QED) is 0.647. The predicted octanol–water partition coefficient (Wildman–Crippen LogP) is 4.53. The van der Waals surface area contributed by atoms with Crippen LogP contribution < -0.4 is 4.74 Å². The first-order valence-electron chi connectivity index (χ1n) is 8.00. The molecule has 0 spiro atoms. The number of ketones is 1. The second kappa shape index (κ2) is 6.75. The van der Waals surface area contributed by atoms with E-state index in [-0.39, 0.29) is 5.78 Å². The smallest absolute Gasteiger partial charge is 0.167 e. The molecule has 0 aliphatic rings. The summed E-state index contributed by atoms with van der Waals surface area (Å²) in [5.74, 6) is 0.855. The van der Waals surface area contributed by atoms with Crippen LogP contribution in [0.2, 0.25) is 0 Å². The van der Waals surface area contributed by atoms with Gasteiger partial charge in [-0.1, -0.05) is 18.2 Å². The molecule has 0 amide bonds. The number of hydrogen-bond donors (Lipinski definition) is 0. The fraction of sp³-hybridized carbons (Fsp3) is 0.190. The minimum absolute atomic E-state index is 0.0935. The van der Waals surface area contributed by atoms with Crippen molar-refractivity contribution in [1.29, 1.82) is 0 Å². The Hall–Kier alpha value is -2.81. The molecule has 2 aromatic carbocycles. The van der Waals surface area contributed by atoms with Crippen molar-refractivity contribution in [1.82, 2.24) is 4.57 Å². The van der Waals surface area contributed by atoms with E-state index in [0.29, 0.717) is 12.0 Å². The molecule has 0 fully saturated rings. The molecular formula is C21H21NO2. The van der Waals surface area contributed by atoms with Crippen LogP contribution in [0.1, 0.15) is 27.0 Å². The lowest BCUT2D eigenvalue weighted by Gasteiger charge is -2.12. The molecule has 0 saturated heterocycles. The summed E-state index contributed by atoms with van der Waals surface area (Å²) in [7, 11) is 1.64. The van der Waals surface area contributed by atoms with Crippen LogP contribution in [0.5, 0.6) is 5.75 Å².